The third-order valence-electron chi connectivity index (χ3n) is 4.32. The van der Waals surface area contributed by atoms with Gasteiger partial charge in [0.1, 0.15) is 5.69 Å². The number of nitrogens with zero attached hydrogens (tertiary/aromatic N) is 4. The first-order valence-electron chi connectivity index (χ1n) is 8.14. The highest BCUT2D eigenvalue weighted by Crippen LogP contribution is 2.29. The highest BCUT2D eigenvalue weighted by Gasteiger charge is 2.23. The average molecular weight is 368 g/mol. The van der Waals surface area contributed by atoms with Crippen LogP contribution in [-0.4, -0.2) is 44.4 Å². The fourth-order valence-electron chi connectivity index (χ4n) is 3.00. The topological polar surface area (TPSA) is 101 Å². The molecule has 4 rings (SSSR count). The van der Waals surface area contributed by atoms with Crippen molar-refractivity contribution in [3.8, 4) is 11.5 Å². The van der Waals surface area contributed by atoms with E-state index in [0.717, 1.165) is 36.2 Å². The van der Waals surface area contributed by atoms with Crippen LogP contribution in [0.25, 0.3) is 11.5 Å². The molecule has 1 aromatic carbocycles. The molecule has 0 aliphatic heterocycles. The van der Waals surface area contributed by atoms with Gasteiger partial charge in [-0.15, -0.1) is 0 Å². The molecule has 0 spiro atoms. The highest BCUT2D eigenvalue weighted by atomic mass is 32.1. The zero-order valence-electron chi connectivity index (χ0n) is 14.0. The number of carbonyl (C=O) groups excluding carboxylic acids is 1. The van der Waals surface area contributed by atoms with E-state index in [2.05, 4.69) is 25.5 Å². The number of ether oxygens (including phenoxy) is 1. The number of methoxy groups -OCH3 is 1. The van der Waals surface area contributed by atoms with Crippen LogP contribution in [0.2, 0.25) is 0 Å². The zero-order chi connectivity index (χ0) is 18.1. The summed E-state index contributed by atoms with van der Waals surface area (Å²) in [7, 11) is 1.35. The Bertz CT molecular complexity index is 1040. The molecule has 8 nitrogen and oxygen atoms in total. The van der Waals surface area contributed by atoms with Crippen LogP contribution < -0.4 is 0 Å². The quantitative estimate of drug-likeness (QED) is 0.419. The van der Waals surface area contributed by atoms with Gasteiger partial charge < -0.3 is 4.74 Å². The fourth-order valence-corrected chi connectivity index (χ4v) is 3.18. The highest BCUT2D eigenvalue weighted by molar-refractivity contribution is 7.71. The molecule has 2 heterocycles. The molecule has 0 unspecified atom stereocenters. The minimum atomic E-state index is -0.375. The van der Waals surface area contributed by atoms with Crippen molar-refractivity contribution in [1.29, 1.82) is 0 Å². The number of H-pyrrole nitrogens is 2. The number of aryl methyl sites for hydroxylation is 1. The van der Waals surface area contributed by atoms with Crippen molar-refractivity contribution in [2.75, 3.05) is 7.11 Å². The summed E-state index contributed by atoms with van der Waals surface area (Å²) in [6.07, 6.45) is 4.74. The van der Waals surface area contributed by atoms with Crippen LogP contribution in [0.3, 0.4) is 0 Å². The van der Waals surface area contributed by atoms with Crippen LogP contribution in [0.1, 0.15) is 33.6 Å². The largest absolute Gasteiger partial charge is 0.465 e. The lowest BCUT2D eigenvalue weighted by atomic mass is 10.1. The van der Waals surface area contributed by atoms with Crippen molar-refractivity contribution in [1.82, 2.24) is 25.1 Å². The maximum Gasteiger partial charge on any atom is 0.337 e. The first kappa shape index (κ1) is 16.4. The summed E-state index contributed by atoms with van der Waals surface area (Å²) < 4.78 is 6.63. The Kier molecular flexibility index (Phi) is 4.21. The van der Waals surface area contributed by atoms with Crippen molar-refractivity contribution in [3.05, 3.63) is 51.4 Å². The number of benzene rings is 1. The fraction of sp³-hybridized carbons (Fsp3) is 0.235. The van der Waals surface area contributed by atoms with E-state index in [1.54, 1.807) is 35.2 Å². The van der Waals surface area contributed by atoms with E-state index in [0.29, 0.717) is 16.2 Å². The maximum absolute atomic E-state index is 11.5. The van der Waals surface area contributed by atoms with Gasteiger partial charge >= 0.3 is 5.97 Å². The van der Waals surface area contributed by atoms with Crippen molar-refractivity contribution >= 4 is 24.4 Å². The zero-order valence-corrected chi connectivity index (χ0v) is 14.8. The molecule has 26 heavy (non-hydrogen) atoms. The molecule has 0 saturated carbocycles. The number of aromatic amines is 2. The van der Waals surface area contributed by atoms with E-state index in [9.17, 15) is 4.79 Å². The van der Waals surface area contributed by atoms with Gasteiger partial charge in [-0.05, 0) is 49.2 Å². The first-order chi connectivity index (χ1) is 12.7. The summed E-state index contributed by atoms with van der Waals surface area (Å²) >= 11 is 5.29. The lowest BCUT2D eigenvalue weighted by Crippen LogP contribution is -2.01. The molecule has 0 radical (unpaired) electrons. The van der Waals surface area contributed by atoms with E-state index in [1.807, 2.05) is 0 Å². The Morgan fingerprint density at radius 2 is 2.08 bits per heavy atom. The number of hydrogen-bond acceptors (Lipinski definition) is 6. The minimum absolute atomic E-state index is 0.375. The van der Waals surface area contributed by atoms with Crippen LogP contribution in [0.15, 0.2) is 29.4 Å². The summed E-state index contributed by atoms with van der Waals surface area (Å²) in [5.41, 5.74) is 4.42. The summed E-state index contributed by atoms with van der Waals surface area (Å²) in [5, 5.41) is 18.9. The van der Waals surface area contributed by atoms with Crippen molar-refractivity contribution in [2.24, 2.45) is 5.10 Å². The number of aromatic nitrogens is 5. The molecule has 0 atom stereocenters. The molecule has 0 saturated heterocycles. The Hall–Kier alpha value is -3.07. The molecule has 0 amide bonds. The third-order valence-corrected chi connectivity index (χ3v) is 4.59. The van der Waals surface area contributed by atoms with Crippen molar-refractivity contribution in [2.45, 2.75) is 19.3 Å². The molecule has 0 bridgehead atoms. The Morgan fingerprint density at radius 3 is 2.85 bits per heavy atom. The molecule has 0 fully saturated rings. The van der Waals surface area contributed by atoms with Gasteiger partial charge in [0.05, 0.1) is 18.9 Å². The molecule has 3 aromatic rings. The molecular formula is C17H16N6O2S. The van der Waals surface area contributed by atoms with Crippen molar-refractivity contribution in [3.63, 3.8) is 0 Å². The molecule has 2 N–H and O–H groups in total. The second kappa shape index (κ2) is 6.68. The van der Waals surface area contributed by atoms with Crippen molar-refractivity contribution < 1.29 is 9.53 Å². The summed E-state index contributed by atoms with van der Waals surface area (Å²) in [5.74, 6) is 0.206. The standard InChI is InChI=1S/C17H16N6O2S/c1-25-16(24)11-7-5-10(6-8-11)9-18-23-15(21-22-17(23)26)14-12-3-2-4-13(12)19-20-14/h5-9H,2-4H2,1H3,(H,19,20)(H,22,26)/b18-9+. The van der Waals surface area contributed by atoms with E-state index < -0.39 is 0 Å². The van der Waals surface area contributed by atoms with Crippen LogP contribution in [-0.2, 0) is 17.6 Å². The van der Waals surface area contributed by atoms with Gasteiger partial charge in [-0.3, -0.25) is 5.10 Å². The molecule has 2 aromatic heterocycles. The minimum Gasteiger partial charge on any atom is -0.465 e. The van der Waals surface area contributed by atoms with Crippen LogP contribution in [0.4, 0.5) is 0 Å². The lowest BCUT2D eigenvalue weighted by Gasteiger charge is -2.01. The number of hydrogen-bond donors (Lipinski definition) is 2. The molecule has 132 valence electrons. The third kappa shape index (κ3) is 2.86. The SMILES string of the molecule is COC(=O)c1ccc(/C=N/n2c(-c3n[nH]c4c3CCC4)n[nH]c2=S)cc1. The molecule has 1 aliphatic rings. The predicted molar refractivity (Wildman–Crippen MR) is 97.8 cm³/mol. The van der Waals surface area contributed by atoms with E-state index in [1.165, 1.54) is 12.7 Å². The smallest absolute Gasteiger partial charge is 0.337 e. The molecular weight excluding hydrogens is 352 g/mol. The van der Waals surface area contributed by atoms with Gasteiger partial charge in [0, 0.05) is 11.3 Å². The summed E-state index contributed by atoms with van der Waals surface area (Å²) in [6.45, 7) is 0. The predicted octanol–water partition coefficient (Wildman–Crippen LogP) is 2.49. The second-order valence-electron chi connectivity index (χ2n) is 5.91. The van der Waals surface area contributed by atoms with E-state index >= 15 is 0 Å². The monoisotopic (exact) mass is 368 g/mol. The molecule has 1 aliphatic carbocycles. The second-order valence-corrected chi connectivity index (χ2v) is 6.29. The summed E-state index contributed by atoms with van der Waals surface area (Å²) in [4.78, 5) is 11.5. The van der Waals surface area contributed by atoms with Crippen LogP contribution in [0.5, 0.6) is 0 Å². The number of fused-ring (bicyclic) bond motifs is 1. The first-order valence-corrected chi connectivity index (χ1v) is 8.55. The average Bonchev–Trinajstić information content (AvgIpc) is 3.36. The normalized spacial score (nSPS) is 13.3. The summed E-state index contributed by atoms with van der Waals surface area (Å²) in [6, 6.07) is 6.93. The van der Waals surface area contributed by atoms with Gasteiger partial charge in [0.15, 0.2) is 0 Å². The van der Waals surface area contributed by atoms with Crippen LogP contribution in [0, 0.1) is 4.77 Å². The van der Waals surface area contributed by atoms with E-state index in [4.69, 9.17) is 17.0 Å². The van der Waals surface area contributed by atoms with Crippen LogP contribution >= 0.6 is 12.2 Å². The number of esters is 1. The Morgan fingerprint density at radius 1 is 1.27 bits per heavy atom. The van der Waals surface area contributed by atoms with Gasteiger partial charge in [-0.2, -0.15) is 20.0 Å². The van der Waals surface area contributed by atoms with Gasteiger partial charge in [0.2, 0.25) is 10.6 Å². The lowest BCUT2D eigenvalue weighted by molar-refractivity contribution is 0.0600. The maximum atomic E-state index is 11.5. The van der Waals surface area contributed by atoms with Gasteiger partial charge in [-0.1, -0.05) is 12.1 Å². The number of carbonyl (C=O) groups is 1. The van der Waals surface area contributed by atoms with Gasteiger partial charge in [0.25, 0.3) is 0 Å². The Balaban J connectivity index is 1.65. The number of nitrogens with one attached hydrogen (secondary N) is 2. The molecule has 9 heteroatoms. The van der Waals surface area contributed by atoms with E-state index in [-0.39, 0.29) is 5.97 Å². The Labute approximate surface area is 153 Å². The number of rotatable bonds is 4. The van der Waals surface area contributed by atoms with Gasteiger partial charge in [-0.25, -0.2) is 9.89 Å².